The van der Waals surface area contributed by atoms with Crippen LogP contribution in [0.5, 0.6) is 11.8 Å². The van der Waals surface area contributed by atoms with E-state index in [1.807, 2.05) is 12.1 Å². The zero-order chi connectivity index (χ0) is 18.4. The molecule has 0 amide bonds. The first-order valence-corrected chi connectivity index (χ1v) is 7.90. The Morgan fingerprint density at radius 1 is 1.12 bits per heavy atom. The number of methoxy groups -OCH3 is 2. The normalized spacial score (nSPS) is 11.2. The van der Waals surface area contributed by atoms with Crippen molar-refractivity contribution in [2.45, 2.75) is 0 Å². The largest absolute Gasteiger partial charge is 0.481 e. The predicted molar refractivity (Wildman–Crippen MR) is 100 cm³/mol. The van der Waals surface area contributed by atoms with Crippen molar-refractivity contribution in [1.29, 1.82) is 0 Å². The van der Waals surface area contributed by atoms with Crippen molar-refractivity contribution >= 4 is 35.2 Å². The van der Waals surface area contributed by atoms with Crippen molar-refractivity contribution in [3.63, 3.8) is 0 Å². The molecule has 2 radical (unpaired) electrons. The molecular formula is C18H15BN4O3. The Hall–Kier alpha value is -3.29. The van der Waals surface area contributed by atoms with E-state index in [1.54, 1.807) is 36.0 Å². The molecule has 0 atom stereocenters. The highest BCUT2D eigenvalue weighted by molar-refractivity contribution is 6.33. The molecule has 0 bridgehead atoms. The summed E-state index contributed by atoms with van der Waals surface area (Å²) in [5.41, 5.74) is 2.99. The van der Waals surface area contributed by atoms with Crippen molar-refractivity contribution in [3.05, 3.63) is 47.0 Å². The highest BCUT2D eigenvalue weighted by atomic mass is 16.5. The second-order valence-electron chi connectivity index (χ2n) is 5.83. The van der Waals surface area contributed by atoms with Crippen molar-refractivity contribution in [1.82, 2.24) is 19.1 Å². The molecule has 8 heteroatoms. The first-order chi connectivity index (χ1) is 12.5. The van der Waals surface area contributed by atoms with E-state index in [2.05, 4.69) is 9.97 Å². The summed E-state index contributed by atoms with van der Waals surface area (Å²) in [4.78, 5) is 21.7. The van der Waals surface area contributed by atoms with Crippen molar-refractivity contribution in [2.24, 2.45) is 7.05 Å². The quantitative estimate of drug-likeness (QED) is 0.519. The number of hydrogen-bond donors (Lipinski definition) is 0. The van der Waals surface area contributed by atoms with E-state index in [9.17, 15) is 4.79 Å². The molecule has 0 fully saturated rings. The summed E-state index contributed by atoms with van der Waals surface area (Å²) in [7, 11) is 10.7. The summed E-state index contributed by atoms with van der Waals surface area (Å²) in [5, 5.41) is 0.776. The molecule has 7 nitrogen and oxygen atoms in total. The third kappa shape index (κ3) is 2.26. The zero-order valence-electron chi connectivity index (χ0n) is 14.6. The molecule has 0 aliphatic rings. The van der Waals surface area contributed by atoms with Gasteiger partial charge >= 0.3 is 5.69 Å². The molecule has 0 saturated carbocycles. The molecule has 4 aromatic rings. The second kappa shape index (κ2) is 5.91. The van der Waals surface area contributed by atoms with E-state index < -0.39 is 0 Å². The lowest BCUT2D eigenvalue weighted by Crippen LogP contribution is -2.21. The van der Waals surface area contributed by atoms with Crippen LogP contribution in [0.3, 0.4) is 0 Å². The number of pyridine rings is 2. The number of hydrogen-bond acceptors (Lipinski definition) is 5. The van der Waals surface area contributed by atoms with Gasteiger partial charge in [-0.25, -0.2) is 4.79 Å². The highest BCUT2D eigenvalue weighted by Gasteiger charge is 2.19. The van der Waals surface area contributed by atoms with Crippen LogP contribution in [-0.2, 0) is 7.05 Å². The summed E-state index contributed by atoms with van der Waals surface area (Å²) in [6.45, 7) is 0. The van der Waals surface area contributed by atoms with E-state index in [-0.39, 0.29) is 11.6 Å². The van der Waals surface area contributed by atoms with Crippen molar-refractivity contribution < 1.29 is 9.47 Å². The van der Waals surface area contributed by atoms with E-state index in [0.717, 1.165) is 10.9 Å². The van der Waals surface area contributed by atoms with Crippen LogP contribution in [0.2, 0.25) is 0 Å². The smallest absolute Gasteiger partial charge is 0.333 e. The Kier molecular flexibility index (Phi) is 3.68. The van der Waals surface area contributed by atoms with Gasteiger partial charge in [0, 0.05) is 18.5 Å². The average Bonchev–Trinajstić information content (AvgIpc) is 2.92. The Morgan fingerprint density at radius 3 is 2.65 bits per heavy atom. The fourth-order valence-corrected chi connectivity index (χ4v) is 3.09. The van der Waals surface area contributed by atoms with Gasteiger partial charge in [-0.3, -0.25) is 14.1 Å². The monoisotopic (exact) mass is 346 g/mol. The minimum atomic E-state index is -0.234. The van der Waals surface area contributed by atoms with Gasteiger partial charge in [-0.2, -0.15) is 4.98 Å². The number of nitrogens with zero attached hydrogens (tertiary/aromatic N) is 4. The summed E-state index contributed by atoms with van der Waals surface area (Å²) < 4.78 is 13.6. The van der Waals surface area contributed by atoms with E-state index in [0.29, 0.717) is 28.1 Å². The molecule has 0 aliphatic heterocycles. The fourth-order valence-electron chi connectivity index (χ4n) is 3.09. The maximum absolute atomic E-state index is 13.0. The van der Waals surface area contributed by atoms with Gasteiger partial charge in [0.05, 0.1) is 37.0 Å². The average molecular weight is 346 g/mol. The Balaban J connectivity index is 2.18. The topological polar surface area (TPSA) is 71.2 Å². The summed E-state index contributed by atoms with van der Waals surface area (Å²) in [6.07, 6.45) is 1.68. The van der Waals surface area contributed by atoms with Gasteiger partial charge < -0.3 is 9.47 Å². The van der Waals surface area contributed by atoms with Crippen molar-refractivity contribution in [3.8, 4) is 17.4 Å². The van der Waals surface area contributed by atoms with Gasteiger partial charge in [0.25, 0.3) is 0 Å². The maximum atomic E-state index is 13.0. The highest BCUT2D eigenvalue weighted by Crippen LogP contribution is 2.29. The SMILES string of the molecule is [B]c1ccc2ncc3c(c2c1)n(-c1ccc(OC)nc1OC)c(=O)n3C. The summed E-state index contributed by atoms with van der Waals surface area (Å²) in [6, 6.07) is 8.84. The number of ether oxygens (including phenoxy) is 2. The van der Waals surface area contributed by atoms with E-state index >= 15 is 0 Å². The maximum Gasteiger partial charge on any atom is 0.333 e. The number of imidazole rings is 1. The molecular weight excluding hydrogens is 331 g/mol. The zero-order valence-corrected chi connectivity index (χ0v) is 14.6. The lowest BCUT2D eigenvalue weighted by atomic mass is 9.94. The first-order valence-electron chi connectivity index (χ1n) is 7.90. The minimum Gasteiger partial charge on any atom is -0.481 e. The lowest BCUT2D eigenvalue weighted by molar-refractivity contribution is 0.363. The van der Waals surface area contributed by atoms with Crippen LogP contribution in [0.15, 0.2) is 41.3 Å². The van der Waals surface area contributed by atoms with E-state index in [1.165, 1.54) is 18.8 Å². The van der Waals surface area contributed by atoms with Crippen LogP contribution >= 0.6 is 0 Å². The number of rotatable bonds is 3. The summed E-state index contributed by atoms with van der Waals surface area (Å²) >= 11 is 0. The Labute approximate surface area is 150 Å². The third-order valence-electron chi connectivity index (χ3n) is 4.37. The Bertz CT molecular complexity index is 1210. The first kappa shape index (κ1) is 16.2. The third-order valence-corrected chi connectivity index (χ3v) is 4.37. The molecule has 3 aromatic heterocycles. The summed E-state index contributed by atoms with van der Waals surface area (Å²) in [5.74, 6) is 0.683. The number of aryl methyl sites for hydroxylation is 1. The lowest BCUT2D eigenvalue weighted by Gasteiger charge is -2.11. The van der Waals surface area contributed by atoms with Crippen LogP contribution in [0, 0.1) is 0 Å². The molecule has 4 rings (SSSR count). The molecule has 1 aromatic carbocycles. The van der Waals surface area contributed by atoms with Crippen LogP contribution in [0.4, 0.5) is 0 Å². The molecule has 3 heterocycles. The van der Waals surface area contributed by atoms with Crippen LogP contribution in [-0.4, -0.2) is 41.2 Å². The van der Waals surface area contributed by atoms with Crippen LogP contribution in [0.1, 0.15) is 0 Å². The number of fused-ring (bicyclic) bond motifs is 3. The van der Waals surface area contributed by atoms with Crippen molar-refractivity contribution in [2.75, 3.05) is 14.2 Å². The second-order valence-corrected chi connectivity index (χ2v) is 5.83. The molecule has 128 valence electrons. The molecule has 0 spiro atoms. The molecule has 0 saturated heterocycles. The standard InChI is InChI=1S/C18H15BN4O3/c1-22-14-9-20-12-5-4-10(19)8-11(12)16(14)23(18(22)24)13-6-7-15(25-2)21-17(13)26-3/h4-9H,1-3H3. The number of benzene rings is 1. The minimum absolute atomic E-state index is 0.234. The molecule has 0 aliphatic carbocycles. The van der Waals surface area contributed by atoms with Gasteiger partial charge in [-0.15, -0.1) is 0 Å². The molecule has 26 heavy (non-hydrogen) atoms. The number of aromatic nitrogens is 4. The van der Waals surface area contributed by atoms with Gasteiger partial charge in [0.1, 0.15) is 13.5 Å². The van der Waals surface area contributed by atoms with Gasteiger partial charge in [0.15, 0.2) is 0 Å². The van der Waals surface area contributed by atoms with Crippen LogP contribution in [0.25, 0.3) is 27.6 Å². The Morgan fingerprint density at radius 2 is 1.92 bits per heavy atom. The molecule has 0 N–H and O–H groups in total. The van der Waals surface area contributed by atoms with E-state index in [4.69, 9.17) is 17.3 Å². The van der Waals surface area contributed by atoms with Gasteiger partial charge in [0.2, 0.25) is 11.8 Å². The van der Waals surface area contributed by atoms with Gasteiger partial charge in [-0.05, 0) is 12.1 Å². The van der Waals surface area contributed by atoms with Gasteiger partial charge in [-0.1, -0.05) is 17.6 Å². The van der Waals surface area contributed by atoms with Crippen LogP contribution < -0.4 is 20.6 Å². The molecule has 0 unspecified atom stereocenters. The predicted octanol–water partition coefficient (Wildman–Crippen LogP) is 1.08. The fraction of sp³-hybridized carbons (Fsp3) is 0.167.